The third kappa shape index (κ3) is 2.98. The van der Waals surface area contributed by atoms with Gasteiger partial charge in [0, 0.05) is 19.4 Å². The van der Waals surface area contributed by atoms with E-state index in [-0.39, 0.29) is 11.4 Å². The molecule has 0 radical (unpaired) electrons. The summed E-state index contributed by atoms with van der Waals surface area (Å²) >= 11 is 0. The van der Waals surface area contributed by atoms with Crippen molar-refractivity contribution in [3.63, 3.8) is 0 Å². The van der Waals surface area contributed by atoms with E-state index in [4.69, 9.17) is 0 Å². The van der Waals surface area contributed by atoms with Crippen molar-refractivity contribution in [1.29, 1.82) is 0 Å². The molecule has 0 saturated heterocycles. The van der Waals surface area contributed by atoms with Gasteiger partial charge < -0.3 is 9.30 Å². The van der Waals surface area contributed by atoms with Gasteiger partial charge in [-0.15, -0.1) is 0 Å². The lowest BCUT2D eigenvalue weighted by Crippen LogP contribution is -2.28. The average molecular weight is 284 g/mol. The third-order valence-electron chi connectivity index (χ3n) is 2.62. The van der Waals surface area contributed by atoms with Crippen LogP contribution in [-0.2, 0) is 11.8 Å². The smallest absolute Gasteiger partial charge is 0.432 e. The number of imidazole rings is 1. The Morgan fingerprint density at radius 1 is 1.30 bits per heavy atom. The normalized spacial score (nSPS) is 13.0. The Kier molecular flexibility index (Phi) is 3.78. The highest BCUT2D eigenvalue weighted by molar-refractivity contribution is 5.89. The van der Waals surface area contributed by atoms with Gasteiger partial charge >= 0.3 is 12.1 Å². The summed E-state index contributed by atoms with van der Waals surface area (Å²) in [6, 6.07) is 7.50. The highest BCUT2D eigenvalue weighted by Gasteiger charge is 2.46. The Bertz CT molecular complexity index is 593. The van der Waals surface area contributed by atoms with Gasteiger partial charge in [0.15, 0.2) is 5.82 Å². The first kappa shape index (κ1) is 14.1. The maximum absolute atomic E-state index is 13.0. The van der Waals surface area contributed by atoms with Crippen LogP contribution in [-0.4, -0.2) is 21.7 Å². The molecule has 2 rings (SSSR count). The molecule has 20 heavy (non-hydrogen) atoms. The molecular formula is C13H11F3N2O2. The van der Waals surface area contributed by atoms with E-state index < -0.39 is 18.2 Å². The lowest BCUT2D eigenvalue weighted by atomic mass is 10.2. The van der Waals surface area contributed by atoms with Crippen LogP contribution in [0.15, 0.2) is 42.7 Å². The van der Waals surface area contributed by atoms with Crippen LogP contribution in [0.1, 0.15) is 22.3 Å². The molecule has 0 aliphatic carbocycles. The van der Waals surface area contributed by atoms with Crippen molar-refractivity contribution in [2.45, 2.75) is 12.3 Å². The summed E-state index contributed by atoms with van der Waals surface area (Å²) in [5.74, 6) is -1.42. The molecule has 0 amide bonds. The number of aromatic nitrogens is 2. The second-order valence-electron chi connectivity index (χ2n) is 4.09. The highest BCUT2D eigenvalue weighted by atomic mass is 19.4. The monoisotopic (exact) mass is 284 g/mol. The van der Waals surface area contributed by atoms with Crippen LogP contribution >= 0.6 is 0 Å². The Hall–Kier alpha value is -2.31. The van der Waals surface area contributed by atoms with Crippen molar-refractivity contribution < 1.29 is 22.7 Å². The topological polar surface area (TPSA) is 44.1 Å². The molecule has 7 heteroatoms. The maximum atomic E-state index is 13.0. The minimum atomic E-state index is -4.73. The molecule has 0 N–H and O–H groups in total. The molecule has 2 aromatic rings. The first-order valence-corrected chi connectivity index (χ1v) is 5.69. The number of carbonyl (C=O) groups is 1. The number of ether oxygens (including phenoxy) is 1. The first-order valence-electron chi connectivity index (χ1n) is 5.69. The Labute approximate surface area is 112 Å². The quantitative estimate of drug-likeness (QED) is 0.814. The van der Waals surface area contributed by atoms with Gasteiger partial charge in [-0.3, -0.25) is 0 Å². The molecule has 0 bridgehead atoms. The number of alkyl halides is 3. The van der Waals surface area contributed by atoms with E-state index in [1.807, 2.05) is 0 Å². The van der Waals surface area contributed by atoms with Crippen molar-refractivity contribution in [3.8, 4) is 0 Å². The number of benzene rings is 1. The number of carbonyl (C=O) groups excluding carboxylic acids is 1. The second-order valence-corrected chi connectivity index (χ2v) is 4.09. The minimum absolute atomic E-state index is 0.0518. The van der Waals surface area contributed by atoms with E-state index in [0.29, 0.717) is 0 Å². The molecule has 4 nitrogen and oxygen atoms in total. The number of hydrogen-bond acceptors (Lipinski definition) is 3. The van der Waals surface area contributed by atoms with Crippen LogP contribution in [0.25, 0.3) is 0 Å². The van der Waals surface area contributed by atoms with E-state index >= 15 is 0 Å². The van der Waals surface area contributed by atoms with Crippen molar-refractivity contribution in [1.82, 2.24) is 9.55 Å². The van der Waals surface area contributed by atoms with Crippen LogP contribution in [0.3, 0.4) is 0 Å². The Balaban J connectivity index is 2.26. The van der Waals surface area contributed by atoms with Crippen molar-refractivity contribution in [3.05, 3.63) is 54.1 Å². The zero-order valence-corrected chi connectivity index (χ0v) is 10.5. The summed E-state index contributed by atoms with van der Waals surface area (Å²) in [6.45, 7) is 0. The summed E-state index contributed by atoms with van der Waals surface area (Å²) in [7, 11) is 1.40. The molecule has 1 heterocycles. The van der Waals surface area contributed by atoms with Crippen LogP contribution in [0.5, 0.6) is 0 Å². The van der Waals surface area contributed by atoms with Crippen molar-refractivity contribution >= 4 is 5.97 Å². The van der Waals surface area contributed by atoms with Gasteiger partial charge in [-0.25, -0.2) is 9.78 Å². The molecule has 1 aromatic heterocycles. The van der Waals surface area contributed by atoms with Crippen LogP contribution in [0, 0.1) is 0 Å². The SMILES string of the molecule is Cn1ccnc1[C@@H](OC(=O)c1ccccc1)C(F)(F)F. The standard InChI is InChI=1S/C13H11F3N2O2/c1-18-8-7-17-11(18)10(13(14,15)16)20-12(19)9-5-3-2-4-6-9/h2-8,10H,1H3/t10-/m1/s1. The fraction of sp³-hybridized carbons (Fsp3) is 0.231. The molecular weight excluding hydrogens is 273 g/mol. The second kappa shape index (κ2) is 5.36. The first-order chi connectivity index (χ1) is 9.39. The molecule has 1 aromatic carbocycles. The Morgan fingerprint density at radius 2 is 1.95 bits per heavy atom. The summed E-state index contributed by atoms with van der Waals surface area (Å²) in [4.78, 5) is 15.3. The van der Waals surface area contributed by atoms with Crippen LogP contribution in [0.2, 0.25) is 0 Å². The Morgan fingerprint density at radius 3 is 2.45 bits per heavy atom. The predicted molar refractivity (Wildman–Crippen MR) is 63.9 cm³/mol. The lowest BCUT2D eigenvalue weighted by Gasteiger charge is -2.20. The van der Waals surface area contributed by atoms with E-state index in [9.17, 15) is 18.0 Å². The van der Waals surface area contributed by atoms with Gasteiger partial charge in [0.1, 0.15) is 0 Å². The lowest BCUT2D eigenvalue weighted by molar-refractivity contribution is -0.210. The predicted octanol–water partition coefficient (Wildman–Crippen LogP) is 2.88. The number of nitrogens with zero attached hydrogens (tertiary/aromatic N) is 2. The number of hydrogen-bond donors (Lipinski definition) is 0. The number of aryl methyl sites for hydroxylation is 1. The fourth-order valence-electron chi connectivity index (χ4n) is 1.65. The van der Waals surface area contributed by atoms with Gasteiger partial charge in [0.2, 0.25) is 0 Å². The number of esters is 1. The van der Waals surface area contributed by atoms with Crippen molar-refractivity contribution in [2.24, 2.45) is 7.05 Å². The van der Waals surface area contributed by atoms with Crippen LogP contribution < -0.4 is 0 Å². The largest absolute Gasteiger partial charge is 0.441 e. The maximum Gasteiger partial charge on any atom is 0.432 e. The van der Waals surface area contributed by atoms with Crippen LogP contribution in [0.4, 0.5) is 13.2 Å². The van der Waals surface area contributed by atoms with Gasteiger partial charge in [-0.2, -0.15) is 13.2 Å². The summed E-state index contributed by atoms with van der Waals surface area (Å²) < 4.78 is 44.8. The molecule has 0 spiro atoms. The molecule has 0 unspecified atom stereocenters. The molecule has 106 valence electrons. The number of halogens is 3. The fourth-order valence-corrected chi connectivity index (χ4v) is 1.65. The molecule has 0 saturated carbocycles. The van der Waals surface area contributed by atoms with Gasteiger partial charge in [0.25, 0.3) is 6.10 Å². The van der Waals surface area contributed by atoms with E-state index in [1.54, 1.807) is 18.2 Å². The van der Waals surface area contributed by atoms with E-state index in [0.717, 1.165) is 4.57 Å². The third-order valence-corrected chi connectivity index (χ3v) is 2.62. The summed E-state index contributed by atoms with van der Waals surface area (Å²) in [6.07, 6.45) is -4.56. The van der Waals surface area contributed by atoms with E-state index in [2.05, 4.69) is 9.72 Å². The van der Waals surface area contributed by atoms with Crippen molar-refractivity contribution in [2.75, 3.05) is 0 Å². The van der Waals surface area contributed by atoms with Gasteiger partial charge in [0.05, 0.1) is 5.56 Å². The average Bonchev–Trinajstić information content (AvgIpc) is 2.81. The number of rotatable bonds is 3. The van der Waals surface area contributed by atoms with Gasteiger partial charge in [-0.1, -0.05) is 18.2 Å². The minimum Gasteiger partial charge on any atom is -0.441 e. The molecule has 0 aliphatic rings. The highest BCUT2D eigenvalue weighted by Crippen LogP contribution is 2.35. The molecule has 1 atom stereocenters. The zero-order valence-electron chi connectivity index (χ0n) is 10.5. The molecule has 0 aliphatic heterocycles. The van der Waals surface area contributed by atoms with E-state index in [1.165, 1.54) is 31.6 Å². The molecule has 0 fully saturated rings. The zero-order chi connectivity index (χ0) is 14.8. The summed E-state index contributed by atoms with van der Waals surface area (Å²) in [5, 5.41) is 0. The summed E-state index contributed by atoms with van der Waals surface area (Å²) in [5.41, 5.74) is 0.0518. The van der Waals surface area contributed by atoms with Gasteiger partial charge in [-0.05, 0) is 12.1 Å².